The number of benzene rings is 1. The van der Waals surface area contributed by atoms with Crippen LogP contribution < -0.4 is 5.32 Å². The normalized spacial score (nSPS) is 14.8. The van der Waals surface area contributed by atoms with Crippen LogP contribution in [0.25, 0.3) is 0 Å². The first-order valence-corrected chi connectivity index (χ1v) is 10.7. The molecule has 6 heteroatoms. The molecule has 0 radical (unpaired) electrons. The fraction of sp³-hybridized carbons (Fsp3) is 0.636. The molecule has 0 unspecified atom stereocenters. The molecular formula is C22H35N3O2S. The van der Waals surface area contributed by atoms with Crippen LogP contribution in [0.1, 0.15) is 49.8 Å². The number of nitrogens with zero attached hydrogens (tertiary/aromatic N) is 2. The summed E-state index contributed by atoms with van der Waals surface area (Å²) >= 11 is 5.84. The number of hydrogen-bond donors (Lipinski definition) is 1. The van der Waals surface area contributed by atoms with Crippen molar-refractivity contribution in [1.82, 2.24) is 9.80 Å². The molecule has 0 bridgehead atoms. The largest absolute Gasteiger partial charge is 0.382 e. The van der Waals surface area contributed by atoms with Gasteiger partial charge in [0.25, 0.3) is 0 Å². The molecule has 28 heavy (non-hydrogen) atoms. The first-order chi connectivity index (χ1) is 13.3. The van der Waals surface area contributed by atoms with E-state index in [0.717, 1.165) is 62.9 Å². The number of likely N-dealkylation sites (tertiary alicyclic amines) is 1. The number of carbonyl (C=O) groups is 1. The van der Waals surface area contributed by atoms with E-state index in [2.05, 4.69) is 43.1 Å². The van der Waals surface area contributed by atoms with E-state index in [4.69, 9.17) is 17.0 Å². The van der Waals surface area contributed by atoms with Gasteiger partial charge in [-0.2, -0.15) is 0 Å². The Morgan fingerprint density at radius 1 is 1.25 bits per heavy atom. The van der Waals surface area contributed by atoms with Crippen molar-refractivity contribution in [2.45, 2.75) is 59.9 Å². The van der Waals surface area contributed by atoms with Crippen LogP contribution in [0.4, 0.5) is 5.69 Å². The Morgan fingerprint density at radius 2 is 1.86 bits per heavy atom. The maximum absolute atomic E-state index is 11.7. The number of thiocarbonyl (C=S) groups is 1. The summed E-state index contributed by atoms with van der Waals surface area (Å²) in [5.41, 5.74) is 4.78. The lowest BCUT2D eigenvalue weighted by molar-refractivity contribution is -0.130. The van der Waals surface area contributed by atoms with Crippen molar-refractivity contribution in [3.05, 3.63) is 28.8 Å². The molecule has 156 valence electrons. The van der Waals surface area contributed by atoms with Crippen molar-refractivity contribution < 1.29 is 9.53 Å². The van der Waals surface area contributed by atoms with Crippen LogP contribution in [-0.2, 0) is 9.53 Å². The molecular weight excluding hydrogens is 370 g/mol. The van der Waals surface area contributed by atoms with E-state index < -0.39 is 0 Å². The van der Waals surface area contributed by atoms with E-state index in [1.54, 1.807) is 6.92 Å². The number of amides is 1. The van der Waals surface area contributed by atoms with Crippen LogP contribution in [0.5, 0.6) is 0 Å². The van der Waals surface area contributed by atoms with Gasteiger partial charge in [-0.25, -0.2) is 0 Å². The number of rotatable bonds is 7. The average molecular weight is 406 g/mol. The molecule has 0 spiro atoms. The standard InChI is InChI=1S/C22H35N3O2S/c1-6-27-13-7-10-25(20-8-11-24(12-9-20)19(5)26)22(28)23-21-17(3)14-16(2)15-18(21)4/h14-15,20H,6-13H2,1-5H3,(H,23,28). The van der Waals surface area contributed by atoms with E-state index in [0.29, 0.717) is 6.04 Å². The Kier molecular flexibility index (Phi) is 8.70. The van der Waals surface area contributed by atoms with Crippen LogP contribution in [0, 0.1) is 20.8 Å². The highest BCUT2D eigenvalue weighted by molar-refractivity contribution is 7.80. The monoisotopic (exact) mass is 405 g/mol. The number of carbonyl (C=O) groups excluding carboxylic acids is 1. The van der Waals surface area contributed by atoms with Gasteiger partial charge in [-0.15, -0.1) is 0 Å². The maximum Gasteiger partial charge on any atom is 0.219 e. The van der Waals surface area contributed by atoms with Gasteiger partial charge in [-0.3, -0.25) is 4.79 Å². The molecule has 5 nitrogen and oxygen atoms in total. The van der Waals surface area contributed by atoms with Gasteiger partial charge >= 0.3 is 0 Å². The SMILES string of the molecule is CCOCCCN(C(=S)Nc1c(C)cc(C)cc1C)C1CCN(C(C)=O)CC1. The molecule has 1 amide bonds. The van der Waals surface area contributed by atoms with Gasteiger partial charge in [0.2, 0.25) is 5.91 Å². The molecule has 1 aliphatic heterocycles. The molecule has 1 fully saturated rings. The number of ether oxygens (including phenoxy) is 1. The molecule has 1 aliphatic rings. The summed E-state index contributed by atoms with van der Waals surface area (Å²) in [5, 5.41) is 4.29. The maximum atomic E-state index is 11.7. The van der Waals surface area contributed by atoms with E-state index in [1.165, 1.54) is 16.7 Å². The molecule has 0 saturated carbocycles. The summed E-state index contributed by atoms with van der Waals surface area (Å²) in [5.74, 6) is 0.160. The summed E-state index contributed by atoms with van der Waals surface area (Å²) < 4.78 is 5.53. The van der Waals surface area contributed by atoms with Crippen LogP contribution >= 0.6 is 12.2 Å². The second-order valence-corrected chi connectivity index (χ2v) is 8.07. The van der Waals surface area contributed by atoms with Crippen LogP contribution in [-0.4, -0.2) is 59.7 Å². The summed E-state index contributed by atoms with van der Waals surface area (Å²) in [6, 6.07) is 4.72. The highest BCUT2D eigenvalue weighted by Gasteiger charge is 2.27. The lowest BCUT2D eigenvalue weighted by atomic mass is 10.0. The Balaban J connectivity index is 2.10. The van der Waals surface area contributed by atoms with Gasteiger partial charge in [-0.1, -0.05) is 17.7 Å². The van der Waals surface area contributed by atoms with Crippen molar-refractivity contribution in [3.63, 3.8) is 0 Å². The number of hydrogen-bond acceptors (Lipinski definition) is 3. The highest BCUT2D eigenvalue weighted by Crippen LogP contribution is 2.24. The molecule has 1 saturated heterocycles. The summed E-state index contributed by atoms with van der Waals surface area (Å²) in [6.45, 7) is 14.0. The Bertz CT molecular complexity index is 661. The second kappa shape index (κ2) is 10.8. The van der Waals surface area contributed by atoms with Gasteiger partial charge in [0.1, 0.15) is 0 Å². The number of aryl methyl sites for hydroxylation is 3. The number of piperidine rings is 1. The summed E-state index contributed by atoms with van der Waals surface area (Å²) in [6.07, 6.45) is 2.83. The predicted molar refractivity (Wildman–Crippen MR) is 120 cm³/mol. The van der Waals surface area contributed by atoms with Gasteiger partial charge < -0.3 is 19.9 Å². The van der Waals surface area contributed by atoms with Gasteiger partial charge in [-0.05, 0) is 70.3 Å². The molecule has 1 aromatic rings. The first-order valence-electron chi connectivity index (χ1n) is 10.3. The van der Waals surface area contributed by atoms with Gasteiger partial charge in [0.15, 0.2) is 5.11 Å². The second-order valence-electron chi connectivity index (χ2n) is 7.68. The molecule has 1 heterocycles. The molecule has 0 aliphatic carbocycles. The zero-order valence-corrected chi connectivity index (χ0v) is 18.8. The lowest BCUT2D eigenvalue weighted by Crippen LogP contribution is -2.50. The average Bonchev–Trinajstić information content (AvgIpc) is 2.64. The van der Waals surface area contributed by atoms with Gasteiger partial charge in [0.05, 0.1) is 0 Å². The number of nitrogens with one attached hydrogen (secondary N) is 1. The van der Waals surface area contributed by atoms with Crippen molar-refractivity contribution in [2.24, 2.45) is 0 Å². The topological polar surface area (TPSA) is 44.8 Å². The highest BCUT2D eigenvalue weighted by atomic mass is 32.1. The van der Waals surface area contributed by atoms with Crippen LogP contribution in [0.15, 0.2) is 12.1 Å². The van der Waals surface area contributed by atoms with Crippen LogP contribution in [0.3, 0.4) is 0 Å². The fourth-order valence-corrected chi connectivity index (χ4v) is 4.32. The third-order valence-corrected chi connectivity index (χ3v) is 5.75. The van der Waals surface area contributed by atoms with E-state index in [-0.39, 0.29) is 5.91 Å². The quantitative estimate of drug-likeness (QED) is 0.548. The minimum atomic E-state index is 0.160. The zero-order chi connectivity index (χ0) is 20.7. The molecule has 2 rings (SSSR count). The molecule has 0 aromatic heterocycles. The zero-order valence-electron chi connectivity index (χ0n) is 18.0. The number of anilines is 1. The Morgan fingerprint density at radius 3 is 2.39 bits per heavy atom. The minimum absolute atomic E-state index is 0.160. The van der Waals surface area contributed by atoms with Crippen molar-refractivity contribution >= 4 is 28.9 Å². The third-order valence-electron chi connectivity index (χ3n) is 5.41. The van der Waals surface area contributed by atoms with Gasteiger partial charge in [0, 0.05) is 51.5 Å². The van der Waals surface area contributed by atoms with Crippen molar-refractivity contribution in [1.29, 1.82) is 0 Å². The summed E-state index contributed by atoms with van der Waals surface area (Å²) in [7, 11) is 0. The Labute approximate surface area is 175 Å². The van der Waals surface area contributed by atoms with E-state index in [1.807, 2.05) is 11.8 Å². The fourth-order valence-electron chi connectivity index (χ4n) is 3.98. The predicted octanol–water partition coefficient (Wildman–Crippen LogP) is 4.05. The van der Waals surface area contributed by atoms with E-state index >= 15 is 0 Å². The summed E-state index contributed by atoms with van der Waals surface area (Å²) in [4.78, 5) is 15.9. The lowest BCUT2D eigenvalue weighted by Gasteiger charge is -2.40. The van der Waals surface area contributed by atoms with E-state index in [9.17, 15) is 4.79 Å². The molecule has 0 atom stereocenters. The van der Waals surface area contributed by atoms with Crippen molar-refractivity contribution in [2.75, 3.05) is 38.2 Å². The minimum Gasteiger partial charge on any atom is -0.382 e. The Hall–Kier alpha value is -1.66. The third kappa shape index (κ3) is 6.17. The molecule has 1 aromatic carbocycles. The smallest absolute Gasteiger partial charge is 0.219 e. The molecule has 1 N–H and O–H groups in total. The first kappa shape index (κ1) is 22.6. The van der Waals surface area contributed by atoms with Crippen molar-refractivity contribution in [3.8, 4) is 0 Å². The van der Waals surface area contributed by atoms with Crippen LogP contribution in [0.2, 0.25) is 0 Å².